The van der Waals surface area contributed by atoms with Gasteiger partial charge in [-0.1, -0.05) is 22.0 Å². The van der Waals surface area contributed by atoms with E-state index in [1.54, 1.807) is 6.07 Å². The Bertz CT molecular complexity index is 493. The third kappa shape index (κ3) is 1.62. The number of hydrogen-bond donors (Lipinski definition) is 0. The zero-order valence-corrected chi connectivity index (χ0v) is 10.1. The van der Waals surface area contributed by atoms with Gasteiger partial charge in [-0.15, -0.1) is 0 Å². The van der Waals surface area contributed by atoms with Gasteiger partial charge in [0.05, 0.1) is 5.33 Å². The van der Waals surface area contributed by atoms with E-state index in [0.717, 1.165) is 4.47 Å². The van der Waals surface area contributed by atoms with Crippen LogP contribution in [-0.4, -0.2) is 16.1 Å². The van der Waals surface area contributed by atoms with Gasteiger partial charge in [-0.25, -0.2) is 4.98 Å². The summed E-state index contributed by atoms with van der Waals surface area (Å²) in [6.07, 6.45) is 0. The highest BCUT2D eigenvalue weighted by atomic mass is 79.9. The maximum atomic E-state index is 11.3. The van der Waals surface area contributed by atoms with Gasteiger partial charge < -0.3 is 4.42 Å². The van der Waals surface area contributed by atoms with Gasteiger partial charge in [0.15, 0.2) is 5.58 Å². The van der Waals surface area contributed by atoms with Crippen LogP contribution in [0.1, 0.15) is 10.7 Å². The molecule has 3 nitrogen and oxygen atoms in total. The standard InChI is InChI=1S/C9H5Br2NO2/c10-4-6(13)9-12-8-5(11)2-1-3-7(8)14-9/h1-3H,4H2. The summed E-state index contributed by atoms with van der Waals surface area (Å²) in [6, 6.07) is 5.46. The van der Waals surface area contributed by atoms with Gasteiger partial charge in [0.1, 0.15) is 5.52 Å². The number of alkyl halides is 1. The average Bonchev–Trinajstić information content (AvgIpc) is 2.62. The zero-order chi connectivity index (χ0) is 10.1. The van der Waals surface area contributed by atoms with Crippen molar-refractivity contribution in [2.24, 2.45) is 0 Å². The summed E-state index contributed by atoms with van der Waals surface area (Å²) >= 11 is 6.40. The van der Waals surface area contributed by atoms with Crippen molar-refractivity contribution >= 4 is 48.7 Å². The number of hydrogen-bond acceptors (Lipinski definition) is 3. The van der Waals surface area contributed by atoms with Gasteiger partial charge in [0.2, 0.25) is 5.78 Å². The van der Waals surface area contributed by atoms with Crippen molar-refractivity contribution in [3.8, 4) is 0 Å². The lowest BCUT2D eigenvalue weighted by Gasteiger charge is -1.86. The Kier molecular flexibility index (Phi) is 2.69. The van der Waals surface area contributed by atoms with Crippen LogP contribution in [0.4, 0.5) is 0 Å². The number of oxazole rings is 1. The molecule has 1 aromatic carbocycles. The van der Waals surface area contributed by atoms with E-state index in [1.165, 1.54) is 0 Å². The molecule has 2 aromatic rings. The molecule has 0 spiro atoms. The van der Waals surface area contributed by atoms with E-state index in [1.807, 2.05) is 12.1 Å². The fourth-order valence-corrected chi connectivity index (χ4v) is 1.77. The van der Waals surface area contributed by atoms with Gasteiger partial charge >= 0.3 is 0 Å². The van der Waals surface area contributed by atoms with E-state index in [4.69, 9.17) is 4.42 Å². The van der Waals surface area contributed by atoms with Crippen molar-refractivity contribution in [3.63, 3.8) is 0 Å². The van der Waals surface area contributed by atoms with Crippen LogP contribution >= 0.6 is 31.9 Å². The molecule has 1 aromatic heterocycles. The summed E-state index contributed by atoms with van der Waals surface area (Å²) in [5.41, 5.74) is 1.29. The largest absolute Gasteiger partial charge is 0.434 e. The van der Waals surface area contributed by atoms with Crippen molar-refractivity contribution < 1.29 is 9.21 Å². The van der Waals surface area contributed by atoms with E-state index < -0.39 is 0 Å². The molecule has 2 rings (SSSR count). The number of Topliss-reactive ketones (excluding diaryl/α,β-unsaturated/α-hetero) is 1. The SMILES string of the molecule is O=C(CBr)c1nc2c(Br)cccc2o1. The van der Waals surface area contributed by atoms with Gasteiger partial charge in [-0.2, -0.15) is 0 Å². The van der Waals surface area contributed by atoms with Crippen LogP contribution in [0.25, 0.3) is 11.1 Å². The topological polar surface area (TPSA) is 43.1 Å². The molecule has 14 heavy (non-hydrogen) atoms. The molecule has 0 saturated heterocycles. The number of aromatic nitrogens is 1. The summed E-state index contributed by atoms with van der Waals surface area (Å²) in [5, 5.41) is 0.220. The molecule has 0 aliphatic heterocycles. The lowest BCUT2D eigenvalue weighted by Crippen LogP contribution is -1.99. The highest BCUT2D eigenvalue weighted by molar-refractivity contribution is 9.10. The second-order valence-electron chi connectivity index (χ2n) is 2.66. The van der Waals surface area contributed by atoms with Crippen LogP contribution in [0.15, 0.2) is 27.1 Å². The van der Waals surface area contributed by atoms with Crippen LogP contribution in [0, 0.1) is 0 Å². The molecule has 0 N–H and O–H groups in total. The lowest BCUT2D eigenvalue weighted by molar-refractivity contribution is 0.0989. The van der Waals surface area contributed by atoms with E-state index >= 15 is 0 Å². The van der Waals surface area contributed by atoms with Crippen LogP contribution in [0.3, 0.4) is 0 Å². The number of benzene rings is 1. The zero-order valence-electron chi connectivity index (χ0n) is 6.96. The molecule has 5 heteroatoms. The number of halogens is 2. The maximum absolute atomic E-state index is 11.3. The van der Waals surface area contributed by atoms with Crippen molar-refractivity contribution in [1.82, 2.24) is 4.98 Å². The molecule has 72 valence electrons. The van der Waals surface area contributed by atoms with Gasteiger partial charge in [0.25, 0.3) is 5.89 Å². The lowest BCUT2D eigenvalue weighted by atomic mass is 10.3. The van der Waals surface area contributed by atoms with Crippen molar-refractivity contribution in [2.45, 2.75) is 0 Å². The smallest absolute Gasteiger partial charge is 0.265 e. The average molecular weight is 319 g/mol. The second kappa shape index (κ2) is 3.82. The molecular weight excluding hydrogens is 314 g/mol. The number of carbonyl (C=O) groups excluding carboxylic acids is 1. The first-order valence-corrected chi connectivity index (χ1v) is 5.78. The molecular formula is C9H5Br2NO2. The first-order chi connectivity index (χ1) is 6.72. The normalized spacial score (nSPS) is 10.7. The van der Waals surface area contributed by atoms with E-state index in [0.29, 0.717) is 11.1 Å². The molecule has 0 saturated carbocycles. The Morgan fingerprint density at radius 2 is 2.29 bits per heavy atom. The first kappa shape index (κ1) is 9.86. The molecule has 0 bridgehead atoms. The minimum Gasteiger partial charge on any atom is -0.434 e. The van der Waals surface area contributed by atoms with E-state index in [-0.39, 0.29) is 17.0 Å². The Balaban J connectivity index is 2.62. The van der Waals surface area contributed by atoms with Crippen LogP contribution in [0.2, 0.25) is 0 Å². The minimum absolute atomic E-state index is 0.142. The van der Waals surface area contributed by atoms with Gasteiger partial charge in [-0.05, 0) is 28.1 Å². The first-order valence-electron chi connectivity index (χ1n) is 3.86. The number of para-hydroxylation sites is 1. The van der Waals surface area contributed by atoms with Crippen LogP contribution in [-0.2, 0) is 0 Å². The highest BCUT2D eigenvalue weighted by Crippen LogP contribution is 2.24. The molecule has 0 fully saturated rings. The third-order valence-corrected chi connectivity index (χ3v) is 2.88. The summed E-state index contributed by atoms with van der Waals surface area (Å²) in [4.78, 5) is 15.4. The summed E-state index contributed by atoms with van der Waals surface area (Å²) < 4.78 is 6.11. The van der Waals surface area contributed by atoms with Crippen molar-refractivity contribution in [3.05, 3.63) is 28.6 Å². The molecule has 0 aliphatic rings. The number of nitrogens with zero attached hydrogens (tertiary/aromatic N) is 1. The molecule has 0 atom stereocenters. The van der Waals surface area contributed by atoms with Gasteiger partial charge in [0, 0.05) is 4.47 Å². The minimum atomic E-state index is -0.159. The molecule has 1 heterocycles. The number of ketones is 1. The monoisotopic (exact) mass is 317 g/mol. The van der Waals surface area contributed by atoms with E-state index in [2.05, 4.69) is 36.8 Å². The maximum Gasteiger partial charge on any atom is 0.265 e. The van der Waals surface area contributed by atoms with Crippen LogP contribution < -0.4 is 0 Å². The fourth-order valence-electron chi connectivity index (χ4n) is 1.09. The summed E-state index contributed by atoms with van der Waals surface area (Å²) in [5.74, 6) is -0.0168. The highest BCUT2D eigenvalue weighted by Gasteiger charge is 2.13. The molecule has 0 amide bonds. The molecule has 0 radical (unpaired) electrons. The predicted molar refractivity (Wildman–Crippen MR) is 59.8 cm³/mol. The summed E-state index contributed by atoms with van der Waals surface area (Å²) in [6.45, 7) is 0. The fraction of sp³-hybridized carbons (Fsp3) is 0.111. The second-order valence-corrected chi connectivity index (χ2v) is 4.08. The summed E-state index contributed by atoms with van der Waals surface area (Å²) in [7, 11) is 0. The Hall–Kier alpha value is -0.680. The van der Waals surface area contributed by atoms with Crippen molar-refractivity contribution in [2.75, 3.05) is 5.33 Å². The number of carbonyl (C=O) groups is 1. The predicted octanol–water partition coefficient (Wildman–Crippen LogP) is 3.17. The van der Waals surface area contributed by atoms with Gasteiger partial charge in [-0.3, -0.25) is 4.79 Å². The van der Waals surface area contributed by atoms with Crippen LogP contribution in [0.5, 0.6) is 0 Å². The molecule has 0 aliphatic carbocycles. The Morgan fingerprint density at radius 3 is 2.93 bits per heavy atom. The number of rotatable bonds is 2. The molecule has 0 unspecified atom stereocenters. The third-order valence-electron chi connectivity index (χ3n) is 1.73. The Labute approximate surface area is 96.8 Å². The Morgan fingerprint density at radius 1 is 1.50 bits per heavy atom. The number of fused-ring (bicyclic) bond motifs is 1. The van der Waals surface area contributed by atoms with Crippen molar-refractivity contribution in [1.29, 1.82) is 0 Å². The quantitative estimate of drug-likeness (QED) is 0.631. The van der Waals surface area contributed by atoms with E-state index in [9.17, 15) is 4.79 Å².